The van der Waals surface area contributed by atoms with Crippen LogP contribution in [0.4, 0.5) is 0 Å². The van der Waals surface area contributed by atoms with Crippen LogP contribution in [0.3, 0.4) is 0 Å². The molecule has 76 heavy (non-hydrogen) atoms. The van der Waals surface area contributed by atoms with Gasteiger partial charge in [-0.15, -0.1) is 0 Å². The van der Waals surface area contributed by atoms with Gasteiger partial charge in [0.15, 0.2) is 0 Å². The van der Waals surface area contributed by atoms with Gasteiger partial charge in [0.05, 0.1) is 0 Å². The van der Waals surface area contributed by atoms with Crippen LogP contribution < -0.4 is 0 Å². The van der Waals surface area contributed by atoms with Crippen molar-refractivity contribution in [3.05, 3.63) is 0 Å². The molecule has 0 radical (unpaired) electrons. The van der Waals surface area contributed by atoms with Crippen LogP contribution in [0.5, 0.6) is 0 Å². The summed E-state index contributed by atoms with van der Waals surface area (Å²) in [4.78, 5) is 10.9. The lowest BCUT2D eigenvalue weighted by Gasteiger charge is -2.49. The van der Waals surface area contributed by atoms with Gasteiger partial charge in [-0.2, -0.15) is 0 Å². The van der Waals surface area contributed by atoms with Crippen molar-refractivity contribution >= 4 is 5.78 Å². The van der Waals surface area contributed by atoms with E-state index in [0.29, 0.717) is 5.78 Å². The van der Waals surface area contributed by atoms with E-state index >= 15 is 0 Å². The smallest absolute Gasteiger partial charge is 0.133 e. The molecule has 430 valence electrons. The van der Waals surface area contributed by atoms with Crippen LogP contribution in [-0.2, 0) is 4.79 Å². The fourth-order valence-corrected chi connectivity index (χ4v) is 25.0. The maximum Gasteiger partial charge on any atom is 0.133 e. The maximum atomic E-state index is 10.9. The molecule has 0 heterocycles. The molecule has 25 saturated carbocycles. The highest BCUT2D eigenvalue weighted by Crippen LogP contribution is 2.70. The minimum Gasteiger partial charge on any atom is -0.300 e. The van der Waals surface area contributed by atoms with Gasteiger partial charge in [0.2, 0.25) is 0 Å². The van der Waals surface area contributed by atoms with Gasteiger partial charge in [-0.1, -0.05) is 173 Å². The third kappa shape index (κ3) is 14.2. The highest BCUT2D eigenvalue weighted by atomic mass is 16.1. The summed E-state index contributed by atoms with van der Waals surface area (Å²) in [6, 6.07) is 0. The molecule has 0 aromatic heterocycles. The van der Waals surface area contributed by atoms with Gasteiger partial charge in [-0.25, -0.2) is 0 Å². The van der Waals surface area contributed by atoms with E-state index in [4.69, 9.17) is 0 Å². The molecule has 0 saturated heterocycles. The van der Waals surface area contributed by atoms with Crippen molar-refractivity contribution in [2.75, 3.05) is 0 Å². The summed E-state index contributed by atoms with van der Waals surface area (Å²) in [5.41, 5.74) is 0. The molecule has 0 spiro atoms. The van der Waals surface area contributed by atoms with E-state index < -0.39 is 0 Å². The molecule has 20 bridgehead atoms. The molecule has 8 atom stereocenters. The summed E-state index contributed by atoms with van der Waals surface area (Å²) >= 11 is 0. The van der Waals surface area contributed by atoms with E-state index in [-0.39, 0.29) is 0 Å². The zero-order valence-corrected chi connectivity index (χ0v) is 50.1. The number of ketones is 1. The first-order valence-corrected chi connectivity index (χ1v) is 36.9. The van der Waals surface area contributed by atoms with Gasteiger partial charge in [0, 0.05) is 12.8 Å². The fraction of sp³-hybridized carbons (Fsp3) is 0.987. The topological polar surface area (TPSA) is 17.1 Å². The minimum absolute atomic E-state index is 0.522. The molecule has 0 aromatic rings. The average molecular weight is 1040 g/mol. The SMILES string of the molecule is C1C2CC3C1C3C2.C1C2CC3CC1CC(C2)C3.C1CC2C3CCC(C3)C2C1.C1CC2CC(C1)C2.C1CC2CCC(C1)C2.C1CC2CCC1C2.C1CC2CCC1CC2.C1CCC2CCCCC2C1.O=C1CC2CCC(C1)C2. The molecular formula is C75H124O. The minimum atomic E-state index is 0.522. The Morgan fingerprint density at radius 2 is 0.447 bits per heavy atom. The van der Waals surface area contributed by atoms with Gasteiger partial charge in [0.25, 0.3) is 0 Å². The van der Waals surface area contributed by atoms with Crippen LogP contribution in [0.2, 0.25) is 0 Å². The Morgan fingerprint density at radius 1 is 0.171 bits per heavy atom. The van der Waals surface area contributed by atoms with Crippen LogP contribution in [-0.4, -0.2) is 5.78 Å². The van der Waals surface area contributed by atoms with Gasteiger partial charge >= 0.3 is 0 Å². The molecule has 0 N–H and O–H groups in total. The second-order valence-electron chi connectivity index (χ2n) is 33.8. The summed E-state index contributed by atoms with van der Waals surface area (Å²) in [5.74, 6) is 28.2. The molecule has 1 nitrogen and oxygen atoms in total. The first-order valence-electron chi connectivity index (χ1n) is 36.9. The van der Waals surface area contributed by atoms with Crippen molar-refractivity contribution in [2.24, 2.45) is 142 Å². The summed E-state index contributed by atoms with van der Waals surface area (Å²) < 4.78 is 0. The van der Waals surface area contributed by atoms with Gasteiger partial charge in [0.1, 0.15) is 5.78 Å². The standard InChI is InChI=1S/2C10H16.C10H18.C8H12O.2C8H14.C7H10.2C7H12/c1-7-2-9-4-8(1)5-10(3-7)6-9;1-2-9-7-4-5-8(6-7)10(9)3-1;1-2-6-10-8-4-3-7-9(10)5-1;9-8-4-6-1-2-7(3-6)5-8;1-2-8-5-3-7(1)4-6-8;1-2-7-4-5-8(3-1)6-7;1-4-2-6-5(1)7(6)3-4;1-2-7-4-3-6(1)5-7;1-2-6-4-7(3-1)5-6/h2*7-10H,1-6H2;9-10H,1-8H2;6-7H,1-5H2;2*7-8H,1-6H2;4-7H,1-3H2;2*6-7H,1-5H2. The van der Waals surface area contributed by atoms with Gasteiger partial charge < -0.3 is 0 Å². The summed E-state index contributed by atoms with van der Waals surface area (Å²) in [6.07, 6.45) is 76.5. The molecule has 0 amide bonds. The van der Waals surface area contributed by atoms with Crippen LogP contribution in [0, 0.1) is 142 Å². The van der Waals surface area contributed by atoms with Crippen molar-refractivity contribution in [3.8, 4) is 0 Å². The van der Waals surface area contributed by atoms with Crippen molar-refractivity contribution in [1.29, 1.82) is 0 Å². The zero-order valence-electron chi connectivity index (χ0n) is 50.1. The molecule has 8 unspecified atom stereocenters. The lowest BCUT2D eigenvalue weighted by molar-refractivity contribution is -0.121. The number of hydrogen-bond acceptors (Lipinski definition) is 1. The Morgan fingerprint density at radius 3 is 0.750 bits per heavy atom. The van der Waals surface area contributed by atoms with Crippen molar-refractivity contribution in [2.45, 2.75) is 321 Å². The summed E-state index contributed by atoms with van der Waals surface area (Å²) in [6.45, 7) is 0. The van der Waals surface area contributed by atoms with Crippen LogP contribution >= 0.6 is 0 Å². The van der Waals surface area contributed by atoms with Crippen molar-refractivity contribution < 1.29 is 4.79 Å². The second kappa shape index (κ2) is 26.1. The van der Waals surface area contributed by atoms with Crippen molar-refractivity contribution in [1.82, 2.24) is 0 Å². The molecule has 1 heteroatoms. The Balaban J connectivity index is 0.0000000821. The molecule has 25 fully saturated rings. The molecule has 25 aliphatic rings. The van der Waals surface area contributed by atoms with Gasteiger partial charge in [-0.05, 0) is 277 Å². The van der Waals surface area contributed by atoms with E-state index in [0.717, 1.165) is 60.2 Å². The van der Waals surface area contributed by atoms with Crippen molar-refractivity contribution in [3.63, 3.8) is 0 Å². The molecular weight excluding hydrogens is 917 g/mol. The molecule has 25 aliphatic carbocycles. The molecule has 0 aromatic carbocycles. The number of carbonyl (C=O) groups excluding carboxylic acids is 1. The van der Waals surface area contributed by atoms with Crippen LogP contribution in [0.15, 0.2) is 0 Å². The largest absolute Gasteiger partial charge is 0.300 e. The van der Waals surface area contributed by atoms with E-state index in [1.165, 1.54) is 152 Å². The van der Waals surface area contributed by atoms with E-state index in [2.05, 4.69) is 0 Å². The Kier molecular flexibility index (Phi) is 18.8. The van der Waals surface area contributed by atoms with E-state index in [1.807, 2.05) is 0 Å². The van der Waals surface area contributed by atoms with Gasteiger partial charge in [-0.3, -0.25) is 4.79 Å². The highest BCUT2D eigenvalue weighted by Gasteiger charge is 2.62. The highest BCUT2D eigenvalue weighted by molar-refractivity contribution is 5.80. The normalized spacial score (nSPS) is 50.4. The maximum absolute atomic E-state index is 10.9. The number of fused-ring (bicyclic) bond motifs is 17. The third-order valence-corrected chi connectivity index (χ3v) is 28.8. The number of rotatable bonds is 0. The number of Topliss-reactive ketones (excluding diaryl/α,β-unsaturated/α-hetero) is 1. The third-order valence-electron chi connectivity index (χ3n) is 28.8. The predicted molar refractivity (Wildman–Crippen MR) is 320 cm³/mol. The molecule has 0 aliphatic heterocycles. The van der Waals surface area contributed by atoms with Crippen LogP contribution in [0.1, 0.15) is 321 Å². The Labute approximate surface area is 471 Å². The summed E-state index contributed by atoms with van der Waals surface area (Å²) in [7, 11) is 0. The quantitative estimate of drug-likeness (QED) is 0.236. The zero-order chi connectivity index (χ0) is 50.8. The first kappa shape index (κ1) is 54.9. The Bertz CT molecular complexity index is 1550. The monoisotopic (exact) mass is 1040 g/mol. The fourth-order valence-electron chi connectivity index (χ4n) is 25.0. The van der Waals surface area contributed by atoms with Crippen LogP contribution in [0.25, 0.3) is 0 Å². The lowest BCUT2D eigenvalue weighted by atomic mass is 9.56. The molecule has 25 rings (SSSR count). The first-order chi connectivity index (χ1) is 37.4. The number of hydrogen-bond donors (Lipinski definition) is 0. The Hall–Kier alpha value is -0.330. The average Bonchev–Trinajstić information content (AvgIpc) is 4.45. The second-order valence-corrected chi connectivity index (χ2v) is 33.8. The predicted octanol–water partition coefficient (Wildman–Crippen LogP) is 22.0. The van der Waals surface area contributed by atoms with E-state index in [9.17, 15) is 4.79 Å². The van der Waals surface area contributed by atoms with E-state index in [1.54, 1.807) is 250 Å². The lowest BCUT2D eigenvalue weighted by Crippen LogP contribution is -2.38. The summed E-state index contributed by atoms with van der Waals surface area (Å²) in [5, 5.41) is 0. The number of carbonyl (C=O) groups is 1.